The summed E-state index contributed by atoms with van der Waals surface area (Å²) < 4.78 is 31.3. The topological polar surface area (TPSA) is 92.6 Å². The van der Waals surface area contributed by atoms with E-state index in [1.807, 2.05) is 12.3 Å². The summed E-state index contributed by atoms with van der Waals surface area (Å²) in [5.74, 6) is -0.297. The van der Waals surface area contributed by atoms with Gasteiger partial charge < -0.3 is 4.90 Å². The van der Waals surface area contributed by atoms with Crippen LogP contribution in [-0.2, 0) is 21.4 Å². The Morgan fingerprint density at radius 3 is 2.45 bits per heavy atom. The van der Waals surface area contributed by atoms with E-state index in [4.69, 9.17) is 11.6 Å². The summed E-state index contributed by atoms with van der Waals surface area (Å²) in [5.41, 5.74) is 1.75. The summed E-state index contributed by atoms with van der Waals surface area (Å²) in [5, 5.41) is 4.77. The Hall–Kier alpha value is -3.83. The standard InChI is InChI=1S/C31H27ClN4O4S2/c1-21-33-25(20-41-21)19-36(42(39,40)28-14-8-22-17-24(32)9-7-23(22)18-28)29-5-4-16-35(31(29)38)27-12-10-26(11-13-27)34-15-3-2-6-30(34)37/h2-3,6-15,17-18,20,29H,4-5,16,19H2,1H3. The highest BCUT2D eigenvalue weighted by Gasteiger charge is 2.41. The monoisotopic (exact) mass is 618 g/mol. The van der Waals surface area contributed by atoms with Crippen molar-refractivity contribution in [2.75, 3.05) is 11.4 Å². The number of pyridine rings is 1. The van der Waals surface area contributed by atoms with Gasteiger partial charge in [0, 0.05) is 40.6 Å². The number of hydrogen-bond acceptors (Lipinski definition) is 6. The van der Waals surface area contributed by atoms with E-state index in [2.05, 4.69) is 4.98 Å². The average molecular weight is 619 g/mol. The highest BCUT2D eigenvalue weighted by atomic mass is 35.5. The zero-order valence-corrected chi connectivity index (χ0v) is 25.1. The number of rotatable bonds is 7. The lowest BCUT2D eigenvalue weighted by molar-refractivity contribution is -0.123. The van der Waals surface area contributed by atoms with Crippen molar-refractivity contribution in [1.82, 2.24) is 13.9 Å². The molecule has 1 fully saturated rings. The molecule has 0 radical (unpaired) electrons. The fourth-order valence-electron chi connectivity index (χ4n) is 5.31. The van der Waals surface area contributed by atoms with Crippen molar-refractivity contribution in [2.24, 2.45) is 0 Å². The van der Waals surface area contributed by atoms with Gasteiger partial charge in [-0.15, -0.1) is 11.3 Å². The van der Waals surface area contributed by atoms with Gasteiger partial charge in [-0.2, -0.15) is 4.31 Å². The van der Waals surface area contributed by atoms with Gasteiger partial charge in [0.05, 0.1) is 22.1 Å². The van der Waals surface area contributed by atoms with Crippen LogP contribution in [0.5, 0.6) is 0 Å². The number of aryl methyl sites for hydroxylation is 1. The van der Waals surface area contributed by atoms with Crippen LogP contribution in [0.15, 0.2) is 100 Å². The fraction of sp³-hybridized carbons (Fsp3) is 0.194. The van der Waals surface area contributed by atoms with Crippen molar-refractivity contribution in [3.8, 4) is 5.69 Å². The molecule has 1 aliphatic rings. The highest BCUT2D eigenvalue weighted by Crippen LogP contribution is 2.31. The van der Waals surface area contributed by atoms with Crippen molar-refractivity contribution >= 4 is 55.3 Å². The van der Waals surface area contributed by atoms with E-state index in [0.29, 0.717) is 41.5 Å². The van der Waals surface area contributed by atoms with Crippen LogP contribution in [0.2, 0.25) is 5.02 Å². The predicted molar refractivity (Wildman–Crippen MR) is 166 cm³/mol. The third-order valence-electron chi connectivity index (χ3n) is 7.38. The Kier molecular flexibility index (Phi) is 7.71. The summed E-state index contributed by atoms with van der Waals surface area (Å²) in [7, 11) is -4.10. The van der Waals surface area contributed by atoms with Crippen LogP contribution in [0, 0.1) is 6.92 Å². The molecule has 8 nitrogen and oxygen atoms in total. The van der Waals surface area contributed by atoms with Crippen LogP contribution in [0.4, 0.5) is 5.69 Å². The minimum absolute atomic E-state index is 0.0224. The van der Waals surface area contributed by atoms with Gasteiger partial charge in [-0.05, 0) is 85.1 Å². The molecule has 0 N–H and O–H groups in total. The summed E-state index contributed by atoms with van der Waals surface area (Å²) in [6.07, 6.45) is 2.69. The minimum atomic E-state index is -4.10. The van der Waals surface area contributed by atoms with E-state index >= 15 is 0 Å². The number of thiazole rings is 1. The number of carbonyl (C=O) groups is 1. The Morgan fingerprint density at radius 2 is 1.71 bits per heavy atom. The van der Waals surface area contributed by atoms with E-state index < -0.39 is 16.1 Å². The van der Waals surface area contributed by atoms with Crippen molar-refractivity contribution in [1.29, 1.82) is 0 Å². The number of aromatic nitrogens is 2. The molecule has 42 heavy (non-hydrogen) atoms. The minimum Gasteiger partial charge on any atom is -0.311 e. The van der Waals surface area contributed by atoms with Crippen molar-refractivity contribution in [3.05, 3.63) is 117 Å². The first-order valence-corrected chi connectivity index (χ1v) is 16.1. The number of nitrogens with zero attached hydrogens (tertiary/aromatic N) is 4. The number of benzene rings is 3. The van der Waals surface area contributed by atoms with E-state index in [0.717, 1.165) is 15.8 Å². The number of piperidine rings is 1. The molecule has 1 unspecified atom stereocenters. The van der Waals surface area contributed by atoms with Gasteiger partial charge in [-0.3, -0.25) is 14.2 Å². The summed E-state index contributed by atoms with van der Waals surface area (Å²) >= 11 is 7.57. The lowest BCUT2D eigenvalue weighted by Crippen LogP contribution is -2.54. The summed E-state index contributed by atoms with van der Waals surface area (Å²) in [6.45, 7) is 2.30. The summed E-state index contributed by atoms with van der Waals surface area (Å²) in [6, 6.07) is 21.3. The van der Waals surface area contributed by atoms with Crippen LogP contribution in [0.1, 0.15) is 23.5 Å². The molecule has 1 saturated heterocycles. The van der Waals surface area contributed by atoms with Gasteiger partial charge in [-0.1, -0.05) is 29.8 Å². The fourth-order valence-corrected chi connectivity index (χ4v) is 7.71. The Labute approximate surface area is 252 Å². The lowest BCUT2D eigenvalue weighted by Gasteiger charge is -2.37. The van der Waals surface area contributed by atoms with E-state index in [9.17, 15) is 18.0 Å². The van der Waals surface area contributed by atoms with E-state index in [1.165, 1.54) is 26.3 Å². The zero-order valence-electron chi connectivity index (χ0n) is 22.7. The molecular formula is C31H27ClN4O4S2. The largest absolute Gasteiger partial charge is 0.311 e. The number of carbonyl (C=O) groups excluding carboxylic acids is 1. The third kappa shape index (κ3) is 5.50. The number of halogens is 1. The zero-order chi connectivity index (χ0) is 29.4. The molecule has 1 amide bonds. The number of amides is 1. The van der Waals surface area contributed by atoms with Crippen LogP contribution < -0.4 is 10.5 Å². The molecular weight excluding hydrogens is 592 g/mol. The van der Waals surface area contributed by atoms with Gasteiger partial charge in [0.1, 0.15) is 6.04 Å². The molecule has 0 bridgehead atoms. The maximum Gasteiger partial charge on any atom is 0.255 e. The van der Waals surface area contributed by atoms with Gasteiger partial charge >= 0.3 is 0 Å². The predicted octanol–water partition coefficient (Wildman–Crippen LogP) is 5.80. The smallest absolute Gasteiger partial charge is 0.255 e. The van der Waals surface area contributed by atoms with Gasteiger partial charge in [0.15, 0.2) is 0 Å². The molecule has 0 saturated carbocycles. The lowest BCUT2D eigenvalue weighted by atomic mass is 10.0. The Morgan fingerprint density at radius 1 is 0.976 bits per heavy atom. The number of hydrogen-bond donors (Lipinski definition) is 0. The first kappa shape index (κ1) is 28.3. The molecule has 214 valence electrons. The van der Waals surface area contributed by atoms with Crippen LogP contribution in [-0.4, -0.2) is 40.8 Å². The number of sulfonamides is 1. The Bertz CT molecular complexity index is 1950. The number of anilines is 1. The van der Waals surface area contributed by atoms with E-state index in [1.54, 1.807) is 83.9 Å². The molecule has 11 heteroatoms. The van der Waals surface area contributed by atoms with Crippen LogP contribution in [0.3, 0.4) is 0 Å². The van der Waals surface area contributed by atoms with Crippen molar-refractivity contribution in [2.45, 2.75) is 37.2 Å². The molecule has 0 aliphatic carbocycles. The first-order chi connectivity index (χ1) is 20.2. The summed E-state index contributed by atoms with van der Waals surface area (Å²) in [4.78, 5) is 32.5. The molecule has 0 spiro atoms. The molecule has 3 aromatic carbocycles. The maximum absolute atomic E-state index is 14.2. The van der Waals surface area contributed by atoms with Gasteiger partial charge in [0.25, 0.3) is 5.56 Å². The van der Waals surface area contributed by atoms with Crippen LogP contribution in [0.25, 0.3) is 16.5 Å². The van der Waals surface area contributed by atoms with Gasteiger partial charge in [0.2, 0.25) is 15.9 Å². The maximum atomic E-state index is 14.2. The second-order valence-corrected chi connectivity index (χ2v) is 13.5. The van der Waals surface area contributed by atoms with E-state index in [-0.39, 0.29) is 22.9 Å². The third-order valence-corrected chi connectivity index (χ3v) is 10.3. The Balaban J connectivity index is 1.35. The first-order valence-electron chi connectivity index (χ1n) is 13.4. The molecule has 1 atom stereocenters. The molecule has 2 aromatic heterocycles. The molecule has 6 rings (SSSR count). The second-order valence-electron chi connectivity index (χ2n) is 10.1. The molecule has 5 aromatic rings. The number of fused-ring (bicyclic) bond motifs is 1. The quantitative estimate of drug-likeness (QED) is 0.230. The average Bonchev–Trinajstić information content (AvgIpc) is 3.41. The van der Waals surface area contributed by atoms with Crippen molar-refractivity contribution < 1.29 is 13.2 Å². The second kappa shape index (κ2) is 11.4. The highest BCUT2D eigenvalue weighted by molar-refractivity contribution is 7.89. The van der Waals surface area contributed by atoms with Gasteiger partial charge in [-0.25, -0.2) is 13.4 Å². The molecule has 1 aliphatic heterocycles. The van der Waals surface area contributed by atoms with Crippen molar-refractivity contribution in [3.63, 3.8) is 0 Å². The normalized spacial score (nSPS) is 15.9. The SMILES string of the molecule is Cc1nc(CN(C2CCCN(c3ccc(-n4ccccc4=O)cc3)C2=O)S(=O)(=O)c2ccc3cc(Cl)ccc3c2)cs1. The molecule has 3 heterocycles. The van der Waals surface area contributed by atoms with Crippen LogP contribution >= 0.6 is 22.9 Å².